The minimum Gasteiger partial charge on any atom is -0.481 e. The molecule has 1 saturated heterocycles. The molecule has 1 N–H and O–H groups in total. The second kappa shape index (κ2) is 5.59. The van der Waals surface area contributed by atoms with Gasteiger partial charge in [0.1, 0.15) is 0 Å². The molecule has 0 atom stereocenters. The molecule has 0 radical (unpaired) electrons. The van der Waals surface area contributed by atoms with Crippen molar-refractivity contribution in [1.29, 1.82) is 0 Å². The molecule has 0 spiro atoms. The van der Waals surface area contributed by atoms with Crippen LogP contribution in [-0.2, 0) is 14.4 Å². The molecular formula is C13H20N2O4. The molecular weight excluding hydrogens is 248 g/mol. The Morgan fingerprint density at radius 2 is 1.68 bits per heavy atom. The maximum absolute atomic E-state index is 12.3. The van der Waals surface area contributed by atoms with Gasteiger partial charge in [-0.2, -0.15) is 0 Å². The highest BCUT2D eigenvalue weighted by atomic mass is 16.4. The van der Waals surface area contributed by atoms with E-state index in [1.54, 1.807) is 16.8 Å². The van der Waals surface area contributed by atoms with Crippen LogP contribution in [0.4, 0.5) is 0 Å². The van der Waals surface area contributed by atoms with E-state index in [1.807, 2.05) is 0 Å². The topological polar surface area (TPSA) is 77.9 Å². The second-order valence-electron chi connectivity index (χ2n) is 5.46. The van der Waals surface area contributed by atoms with Gasteiger partial charge in [0, 0.05) is 26.1 Å². The third-order valence-electron chi connectivity index (χ3n) is 4.19. The van der Waals surface area contributed by atoms with Gasteiger partial charge in [-0.05, 0) is 25.7 Å². The van der Waals surface area contributed by atoms with Crippen molar-refractivity contribution in [3.8, 4) is 0 Å². The average Bonchev–Trinajstić information content (AvgIpc) is 2.41. The molecule has 0 aromatic carbocycles. The zero-order chi connectivity index (χ0) is 14.0. The molecule has 0 bridgehead atoms. The molecule has 0 aromatic rings. The van der Waals surface area contributed by atoms with Gasteiger partial charge < -0.3 is 14.9 Å². The van der Waals surface area contributed by atoms with E-state index >= 15 is 0 Å². The average molecular weight is 268 g/mol. The smallest absolute Gasteiger partial charge is 0.306 e. The minimum absolute atomic E-state index is 0.0188. The van der Waals surface area contributed by atoms with E-state index in [0.717, 1.165) is 0 Å². The van der Waals surface area contributed by atoms with E-state index in [1.165, 1.54) is 0 Å². The quantitative estimate of drug-likeness (QED) is 0.775. The fourth-order valence-corrected chi connectivity index (χ4v) is 2.79. The highest BCUT2D eigenvalue weighted by molar-refractivity contribution is 5.87. The predicted molar refractivity (Wildman–Crippen MR) is 67.3 cm³/mol. The summed E-state index contributed by atoms with van der Waals surface area (Å²) in [5.74, 6) is -1.19. The first-order chi connectivity index (χ1) is 8.99. The van der Waals surface area contributed by atoms with Crippen molar-refractivity contribution in [2.45, 2.75) is 25.7 Å². The maximum atomic E-state index is 12.3. The Morgan fingerprint density at radius 3 is 2.21 bits per heavy atom. The minimum atomic E-state index is -0.763. The summed E-state index contributed by atoms with van der Waals surface area (Å²) in [6, 6.07) is 0. The zero-order valence-corrected chi connectivity index (χ0v) is 11.2. The third-order valence-corrected chi connectivity index (χ3v) is 4.19. The van der Waals surface area contributed by atoms with E-state index in [4.69, 9.17) is 5.11 Å². The van der Waals surface area contributed by atoms with Crippen LogP contribution in [0.2, 0.25) is 0 Å². The summed E-state index contributed by atoms with van der Waals surface area (Å²) in [6.45, 7) is 1.32. The Hall–Kier alpha value is -1.59. The Morgan fingerprint density at radius 1 is 1.11 bits per heavy atom. The van der Waals surface area contributed by atoms with Gasteiger partial charge in [0.05, 0.1) is 12.5 Å². The number of hydrogen-bond donors (Lipinski definition) is 1. The van der Waals surface area contributed by atoms with Crippen LogP contribution in [0, 0.1) is 11.8 Å². The Kier molecular flexibility index (Phi) is 4.07. The number of amides is 2. The summed E-state index contributed by atoms with van der Waals surface area (Å²) in [5, 5.41) is 8.93. The van der Waals surface area contributed by atoms with Crippen LogP contribution in [0.1, 0.15) is 25.7 Å². The number of aliphatic carboxylic acids is 1. The number of hydrogen-bond acceptors (Lipinski definition) is 3. The van der Waals surface area contributed by atoms with Crippen LogP contribution < -0.4 is 0 Å². The molecule has 1 aliphatic heterocycles. The molecule has 106 valence electrons. The van der Waals surface area contributed by atoms with Crippen LogP contribution in [0.3, 0.4) is 0 Å². The highest BCUT2D eigenvalue weighted by Gasteiger charge is 2.34. The molecule has 2 amide bonds. The van der Waals surface area contributed by atoms with Crippen molar-refractivity contribution < 1.29 is 19.5 Å². The number of likely N-dealkylation sites (N-methyl/N-ethyl adjacent to an activating group) is 1. The fourth-order valence-electron chi connectivity index (χ4n) is 2.79. The number of carboxylic acids is 1. The number of rotatable bonds is 2. The Bertz CT molecular complexity index is 388. The van der Waals surface area contributed by atoms with Gasteiger partial charge in [0.15, 0.2) is 0 Å². The first-order valence-corrected chi connectivity index (χ1v) is 6.74. The second-order valence-corrected chi connectivity index (χ2v) is 5.46. The molecule has 0 unspecified atom stereocenters. The summed E-state index contributed by atoms with van der Waals surface area (Å²) in [4.78, 5) is 38.0. The van der Waals surface area contributed by atoms with Crippen LogP contribution in [0.5, 0.6) is 0 Å². The number of carbonyl (C=O) groups excluding carboxylic acids is 2. The first kappa shape index (κ1) is 13.8. The number of carbonyl (C=O) groups is 3. The summed E-state index contributed by atoms with van der Waals surface area (Å²) < 4.78 is 0. The number of nitrogens with zero attached hydrogens (tertiary/aromatic N) is 2. The van der Waals surface area contributed by atoms with Gasteiger partial charge in [-0.15, -0.1) is 0 Å². The SMILES string of the molecule is CN1CCN(C(=O)C2CCC(C(=O)O)CC2)CC1=O. The predicted octanol–water partition coefficient (Wildman–Crippen LogP) is 0.178. The largest absolute Gasteiger partial charge is 0.481 e. The van der Waals surface area contributed by atoms with Crippen LogP contribution in [0.25, 0.3) is 0 Å². The van der Waals surface area contributed by atoms with Crippen LogP contribution in [0.15, 0.2) is 0 Å². The monoisotopic (exact) mass is 268 g/mol. The van der Waals surface area contributed by atoms with Crippen LogP contribution in [-0.4, -0.2) is 59.4 Å². The molecule has 2 fully saturated rings. The number of piperazine rings is 1. The fraction of sp³-hybridized carbons (Fsp3) is 0.769. The molecule has 6 heteroatoms. The molecule has 1 heterocycles. The lowest BCUT2D eigenvalue weighted by molar-refractivity contribution is -0.149. The van der Waals surface area contributed by atoms with Crippen molar-refractivity contribution in [2.24, 2.45) is 11.8 Å². The summed E-state index contributed by atoms with van der Waals surface area (Å²) in [5.41, 5.74) is 0. The third kappa shape index (κ3) is 3.05. The van der Waals surface area contributed by atoms with Crippen molar-refractivity contribution >= 4 is 17.8 Å². The molecule has 6 nitrogen and oxygen atoms in total. The first-order valence-electron chi connectivity index (χ1n) is 6.74. The number of carboxylic acid groups (broad SMARTS) is 1. The van der Waals surface area contributed by atoms with Gasteiger partial charge in [0.25, 0.3) is 0 Å². The molecule has 19 heavy (non-hydrogen) atoms. The Labute approximate surface area is 112 Å². The lowest BCUT2D eigenvalue weighted by atomic mass is 9.81. The zero-order valence-electron chi connectivity index (χ0n) is 11.2. The molecule has 0 aromatic heterocycles. The lowest BCUT2D eigenvalue weighted by Crippen LogP contribution is -2.52. The summed E-state index contributed by atoms with van der Waals surface area (Å²) >= 11 is 0. The van der Waals surface area contributed by atoms with Gasteiger partial charge in [-0.3, -0.25) is 14.4 Å². The summed E-state index contributed by atoms with van der Waals surface area (Å²) in [6.07, 6.45) is 2.37. The van der Waals surface area contributed by atoms with Gasteiger partial charge in [-0.25, -0.2) is 0 Å². The van der Waals surface area contributed by atoms with Crippen molar-refractivity contribution in [1.82, 2.24) is 9.80 Å². The van der Waals surface area contributed by atoms with Gasteiger partial charge in [-0.1, -0.05) is 0 Å². The lowest BCUT2D eigenvalue weighted by Gasteiger charge is -2.35. The van der Waals surface area contributed by atoms with E-state index < -0.39 is 5.97 Å². The molecule has 1 aliphatic carbocycles. The van der Waals surface area contributed by atoms with Gasteiger partial charge >= 0.3 is 5.97 Å². The van der Waals surface area contributed by atoms with E-state index in [9.17, 15) is 14.4 Å². The van der Waals surface area contributed by atoms with Crippen molar-refractivity contribution in [3.63, 3.8) is 0 Å². The molecule has 1 saturated carbocycles. The van der Waals surface area contributed by atoms with Crippen molar-refractivity contribution in [3.05, 3.63) is 0 Å². The normalized spacial score (nSPS) is 28.4. The molecule has 2 aliphatic rings. The van der Waals surface area contributed by atoms with Gasteiger partial charge in [0.2, 0.25) is 11.8 Å². The van der Waals surface area contributed by atoms with Crippen LogP contribution >= 0.6 is 0 Å². The Balaban J connectivity index is 1.88. The van der Waals surface area contributed by atoms with E-state index in [2.05, 4.69) is 0 Å². The molecule has 2 rings (SSSR count). The highest BCUT2D eigenvalue weighted by Crippen LogP contribution is 2.30. The van der Waals surface area contributed by atoms with E-state index in [-0.39, 0.29) is 30.2 Å². The standard InChI is InChI=1S/C13H20N2O4/c1-14-6-7-15(8-11(14)16)12(17)9-2-4-10(5-3-9)13(18)19/h9-10H,2-8H2,1H3,(H,18,19). The van der Waals surface area contributed by atoms with Crippen molar-refractivity contribution in [2.75, 3.05) is 26.7 Å². The van der Waals surface area contributed by atoms with E-state index in [0.29, 0.717) is 38.8 Å². The maximum Gasteiger partial charge on any atom is 0.306 e. The summed E-state index contributed by atoms with van der Waals surface area (Å²) in [7, 11) is 1.74.